The summed E-state index contributed by atoms with van der Waals surface area (Å²) < 4.78 is 13.0. The molecule has 0 saturated carbocycles. The van der Waals surface area contributed by atoms with E-state index in [1.54, 1.807) is 12.1 Å². The summed E-state index contributed by atoms with van der Waals surface area (Å²) in [7, 11) is 0. The zero-order valence-corrected chi connectivity index (χ0v) is 11.1. The van der Waals surface area contributed by atoms with Crippen molar-refractivity contribution in [2.24, 2.45) is 0 Å². The first kappa shape index (κ1) is 15.9. The molecule has 0 aliphatic carbocycles. The van der Waals surface area contributed by atoms with Crippen LogP contribution >= 0.6 is 0 Å². The van der Waals surface area contributed by atoms with Crippen LogP contribution in [0.4, 0.5) is 4.39 Å². The number of nitrogens with one attached hydrogen (secondary N) is 1. The van der Waals surface area contributed by atoms with Crippen molar-refractivity contribution in [2.75, 3.05) is 0 Å². The van der Waals surface area contributed by atoms with Crippen LogP contribution in [0.1, 0.15) is 24.8 Å². The van der Waals surface area contributed by atoms with Gasteiger partial charge in [-0.25, -0.2) is 9.18 Å². The number of halogens is 1. The first-order valence-electron chi connectivity index (χ1n) is 6.40. The van der Waals surface area contributed by atoms with Crippen molar-refractivity contribution < 1.29 is 19.1 Å². The Balaban J connectivity index is 2.53. The number of carbonyl (C=O) groups excluding carboxylic acids is 1. The molecule has 0 aliphatic heterocycles. The number of rotatable bonds is 8. The van der Waals surface area contributed by atoms with Crippen molar-refractivity contribution in [3.8, 4) is 0 Å². The molecule has 108 valence electrons. The van der Waals surface area contributed by atoms with Crippen LogP contribution in [0, 0.1) is 5.82 Å². The van der Waals surface area contributed by atoms with Crippen molar-refractivity contribution in [3.63, 3.8) is 0 Å². The van der Waals surface area contributed by atoms with Crippen molar-refractivity contribution >= 4 is 11.9 Å². The highest BCUT2D eigenvalue weighted by Crippen LogP contribution is 2.06. The molecule has 1 rings (SSSR count). The minimum Gasteiger partial charge on any atom is -0.480 e. The third-order valence-electron chi connectivity index (χ3n) is 2.79. The number of amides is 1. The highest BCUT2D eigenvalue weighted by molar-refractivity contribution is 5.84. The van der Waals surface area contributed by atoms with Crippen molar-refractivity contribution in [1.29, 1.82) is 0 Å². The number of hydrogen-bond acceptors (Lipinski definition) is 2. The van der Waals surface area contributed by atoms with Gasteiger partial charge < -0.3 is 10.4 Å². The average Bonchev–Trinajstić information content (AvgIpc) is 2.37. The first-order chi connectivity index (χ1) is 9.52. The smallest absolute Gasteiger partial charge is 0.326 e. The molecule has 5 heteroatoms. The quantitative estimate of drug-likeness (QED) is 0.567. The Bertz CT molecular complexity index is 488. The Morgan fingerprint density at radius 2 is 2.20 bits per heavy atom. The van der Waals surface area contributed by atoms with Crippen LogP contribution in [-0.2, 0) is 16.0 Å². The van der Waals surface area contributed by atoms with E-state index in [4.69, 9.17) is 5.11 Å². The zero-order chi connectivity index (χ0) is 15.0. The van der Waals surface area contributed by atoms with Gasteiger partial charge in [-0.1, -0.05) is 18.2 Å². The fourth-order valence-electron chi connectivity index (χ4n) is 1.80. The van der Waals surface area contributed by atoms with Crippen LogP contribution in [0.5, 0.6) is 0 Å². The normalized spacial score (nSPS) is 11.7. The Morgan fingerprint density at radius 3 is 2.80 bits per heavy atom. The largest absolute Gasteiger partial charge is 0.480 e. The van der Waals surface area contributed by atoms with E-state index in [-0.39, 0.29) is 6.42 Å². The van der Waals surface area contributed by atoms with Gasteiger partial charge in [0.15, 0.2) is 0 Å². The molecule has 0 fully saturated rings. The molecule has 4 nitrogen and oxygen atoms in total. The average molecular weight is 279 g/mol. The highest BCUT2D eigenvalue weighted by Gasteiger charge is 2.19. The summed E-state index contributed by atoms with van der Waals surface area (Å²) in [4.78, 5) is 22.8. The predicted molar refractivity (Wildman–Crippen MR) is 73.7 cm³/mol. The van der Waals surface area contributed by atoms with Crippen LogP contribution in [0.25, 0.3) is 0 Å². The standard InChI is InChI=1S/C15H18FNO3/c1-2-3-4-8-13(15(19)20)17-14(18)10-11-6-5-7-12(16)9-11/h2,5-7,9,13H,1,3-4,8,10H2,(H,17,18)(H,19,20)/t13-/m1/s1. The van der Waals surface area contributed by atoms with Gasteiger partial charge in [-0.15, -0.1) is 6.58 Å². The molecule has 1 atom stereocenters. The molecule has 0 bridgehead atoms. The van der Waals surface area contributed by atoms with Crippen molar-refractivity contribution in [3.05, 3.63) is 48.3 Å². The van der Waals surface area contributed by atoms with Crippen LogP contribution in [0.2, 0.25) is 0 Å². The SMILES string of the molecule is C=CCCC[C@@H](NC(=O)Cc1cccc(F)c1)C(=O)O. The van der Waals surface area contributed by atoms with Gasteiger partial charge in [0.05, 0.1) is 6.42 Å². The van der Waals surface area contributed by atoms with E-state index >= 15 is 0 Å². The van der Waals surface area contributed by atoms with Crippen LogP contribution in [0.3, 0.4) is 0 Å². The summed E-state index contributed by atoms with van der Waals surface area (Å²) in [6, 6.07) is 4.76. The predicted octanol–water partition coefficient (Wildman–Crippen LogP) is 2.29. The van der Waals surface area contributed by atoms with E-state index in [0.29, 0.717) is 24.8 Å². The molecule has 0 aromatic heterocycles. The van der Waals surface area contributed by atoms with Gasteiger partial charge in [0.2, 0.25) is 5.91 Å². The van der Waals surface area contributed by atoms with Crippen LogP contribution in [-0.4, -0.2) is 23.0 Å². The van der Waals surface area contributed by atoms with E-state index in [9.17, 15) is 14.0 Å². The fraction of sp³-hybridized carbons (Fsp3) is 0.333. The zero-order valence-electron chi connectivity index (χ0n) is 11.1. The molecule has 1 aromatic carbocycles. The van der Waals surface area contributed by atoms with Gasteiger partial charge >= 0.3 is 5.97 Å². The molecule has 20 heavy (non-hydrogen) atoms. The molecule has 1 aromatic rings. The number of carboxylic acids is 1. The number of aliphatic carboxylic acids is 1. The number of hydrogen-bond donors (Lipinski definition) is 2. The number of allylic oxidation sites excluding steroid dienone is 1. The lowest BCUT2D eigenvalue weighted by Gasteiger charge is -2.14. The third-order valence-corrected chi connectivity index (χ3v) is 2.79. The van der Waals surface area contributed by atoms with Gasteiger partial charge in [0.25, 0.3) is 0 Å². The van der Waals surface area contributed by atoms with E-state index in [2.05, 4.69) is 11.9 Å². The molecule has 0 radical (unpaired) electrons. The van der Waals surface area contributed by atoms with E-state index in [0.717, 1.165) is 0 Å². The van der Waals surface area contributed by atoms with Gasteiger partial charge in [-0.3, -0.25) is 4.79 Å². The monoisotopic (exact) mass is 279 g/mol. The maximum atomic E-state index is 13.0. The molecule has 0 spiro atoms. The molecule has 0 unspecified atom stereocenters. The Hall–Kier alpha value is -2.17. The van der Waals surface area contributed by atoms with E-state index < -0.39 is 23.7 Å². The Kier molecular flexibility index (Phi) is 6.43. The molecule has 0 aliphatic rings. The molecule has 0 saturated heterocycles. The molecule has 1 amide bonds. The van der Waals surface area contributed by atoms with Crippen molar-refractivity contribution in [1.82, 2.24) is 5.32 Å². The van der Waals surface area contributed by atoms with Gasteiger partial charge in [0.1, 0.15) is 11.9 Å². The van der Waals surface area contributed by atoms with Crippen molar-refractivity contribution in [2.45, 2.75) is 31.7 Å². The summed E-state index contributed by atoms with van der Waals surface area (Å²) in [5.74, 6) is -1.92. The number of unbranched alkanes of at least 4 members (excludes halogenated alkanes) is 1. The second-order valence-corrected chi connectivity index (χ2v) is 4.48. The Labute approximate surface area is 117 Å². The number of carbonyl (C=O) groups is 2. The first-order valence-corrected chi connectivity index (χ1v) is 6.40. The lowest BCUT2D eigenvalue weighted by molar-refractivity contribution is -0.141. The summed E-state index contributed by atoms with van der Waals surface area (Å²) >= 11 is 0. The minimum absolute atomic E-state index is 0.0387. The second-order valence-electron chi connectivity index (χ2n) is 4.48. The van der Waals surface area contributed by atoms with Gasteiger partial charge in [-0.05, 0) is 37.0 Å². The van der Waals surface area contributed by atoms with Crippen LogP contribution in [0.15, 0.2) is 36.9 Å². The lowest BCUT2D eigenvalue weighted by atomic mass is 10.1. The second kappa shape index (κ2) is 8.09. The maximum Gasteiger partial charge on any atom is 0.326 e. The summed E-state index contributed by atoms with van der Waals surface area (Å²) in [5, 5.41) is 11.5. The molecule has 2 N–H and O–H groups in total. The molecular weight excluding hydrogens is 261 g/mol. The van der Waals surface area contributed by atoms with Crippen LogP contribution < -0.4 is 5.32 Å². The highest BCUT2D eigenvalue weighted by atomic mass is 19.1. The lowest BCUT2D eigenvalue weighted by Crippen LogP contribution is -2.41. The topological polar surface area (TPSA) is 66.4 Å². The third kappa shape index (κ3) is 5.65. The summed E-state index contributed by atoms with van der Waals surface area (Å²) in [5.41, 5.74) is 0.512. The number of carboxylic acid groups (broad SMARTS) is 1. The van der Waals surface area contributed by atoms with Gasteiger partial charge in [-0.2, -0.15) is 0 Å². The number of benzene rings is 1. The van der Waals surface area contributed by atoms with Gasteiger partial charge in [0, 0.05) is 0 Å². The summed E-state index contributed by atoms with van der Waals surface area (Å²) in [6.07, 6.45) is 3.34. The Morgan fingerprint density at radius 1 is 1.45 bits per heavy atom. The van der Waals surface area contributed by atoms with E-state index in [1.807, 2.05) is 0 Å². The maximum absolute atomic E-state index is 13.0. The molecular formula is C15H18FNO3. The molecule has 0 heterocycles. The van der Waals surface area contributed by atoms with E-state index in [1.165, 1.54) is 18.2 Å². The minimum atomic E-state index is -1.07. The summed E-state index contributed by atoms with van der Waals surface area (Å²) in [6.45, 7) is 3.56. The fourth-order valence-corrected chi connectivity index (χ4v) is 1.80.